The summed E-state index contributed by atoms with van der Waals surface area (Å²) in [6.07, 6.45) is 5.34. The lowest BCUT2D eigenvalue weighted by molar-refractivity contribution is -0.108. The van der Waals surface area contributed by atoms with Gasteiger partial charge in [-0.05, 0) is 69.2 Å². The van der Waals surface area contributed by atoms with Gasteiger partial charge >= 0.3 is 0 Å². The Morgan fingerprint density at radius 1 is 1.15 bits per heavy atom. The Balaban J connectivity index is 0.928. The fraction of sp³-hybridized carbons (Fsp3) is 0.966. The SMILES string of the molecule is COCC(C)(C)C1CCC2NC(CCC3CC(N(C)C[C@H]4O[C@@H](N5CNC6C(N)NCNC65)[C@H](O)[C@@H]4O)C3)N=C2C1. The molecule has 41 heavy (non-hydrogen) atoms. The fourth-order valence-corrected chi connectivity index (χ4v) is 8.26. The molecule has 0 amide bonds. The maximum absolute atomic E-state index is 10.9. The van der Waals surface area contributed by atoms with Crippen LogP contribution in [0.4, 0.5) is 0 Å². The zero-order valence-corrected chi connectivity index (χ0v) is 25.3. The second-order valence-corrected chi connectivity index (χ2v) is 14.3. The minimum Gasteiger partial charge on any atom is -0.387 e. The van der Waals surface area contributed by atoms with Crippen LogP contribution in [0, 0.1) is 17.3 Å². The van der Waals surface area contributed by atoms with Gasteiger partial charge in [0, 0.05) is 38.1 Å². The van der Waals surface area contributed by atoms with E-state index in [0.29, 0.717) is 37.9 Å². The highest BCUT2D eigenvalue weighted by molar-refractivity contribution is 5.92. The first-order chi connectivity index (χ1) is 19.6. The van der Waals surface area contributed by atoms with Crippen LogP contribution in [0.2, 0.25) is 0 Å². The van der Waals surface area contributed by atoms with E-state index in [4.69, 9.17) is 20.2 Å². The summed E-state index contributed by atoms with van der Waals surface area (Å²) in [5.74, 6) is 1.36. The summed E-state index contributed by atoms with van der Waals surface area (Å²) >= 11 is 0. The number of nitrogens with two attached hydrogens (primary N) is 1. The summed E-state index contributed by atoms with van der Waals surface area (Å²) in [5, 5.41) is 35.5. The van der Waals surface area contributed by atoms with Gasteiger partial charge in [-0.2, -0.15) is 0 Å². The van der Waals surface area contributed by atoms with Crippen molar-refractivity contribution in [1.29, 1.82) is 0 Å². The van der Waals surface area contributed by atoms with Gasteiger partial charge in [-0.3, -0.25) is 26.3 Å². The second kappa shape index (κ2) is 12.3. The predicted molar refractivity (Wildman–Crippen MR) is 157 cm³/mol. The van der Waals surface area contributed by atoms with Gasteiger partial charge in [0.25, 0.3) is 0 Å². The Kier molecular flexibility index (Phi) is 9.09. The summed E-state index contributed by atoms with van der Waals surface area (Å²) in [6.45, 7) is 7.21. The van der Waals surface area contributed by atoms with E-state index >= 15 is 0 Å². The summed E-state index contributed by atoms with van der Waals surface area (Å²) in [5.41, 5.74) is 7.78. The minimum atomic E-state index is -0.957. The molecule has 3 saturated heterocycles. The van der Waals surface area contributed by atoms with Gasteiger partial charge in [-0.15, -0.1) is 0 Å². The summed E-state index contributed by atoms with van der Waals surface area (Å²) in [7, 11) is 3.92. The van der Waals surface area contributed by atoms with Gasteiger partial charge in [-0.25, -0.2) is 4.90 Å². The van der Waals surface area contributed by atoms with E-state index in [0.717, 1.165) is 25.4 Å². The topological polar surface area (TPSA) is 152 Å². The molecule has 0 radical (unpaired) electrons. The van der Waals surface area contributed by atoms with Crippen molar-refractivity contribution in [2.45, 2.75) is 120 Å². The van der Waals surface area contributed by atoms with Crippen molar-refractivity contribution in [3.63, 3.8) is 0 Å². The van der Waals surface area contributed by atoms with Crippen LogP contribution in [-0.2, 0) is 9.47 Å². The van der Waals surface area contributed by atoms with Crippen molar-refractivity contribution >= 4 is 5.71 Å². The largest absolute Gasteiger partial charge is 0.387 e. The van der Waals surface area contributed by atoms with E-state index in [9.17, 15) is 10.2 Å². The molecule has 4 heterocycles. The Hall–Kier alpha value is -0.770. The third-order valence-electron chi connectivity index (χ3n) is 11.1. The number of likely N-dealkylation sites (N-methyl/N-ethyl adjacent to an activating group) is 1. The average Bonchev–Trinajstić information content (AvgIpc) is 3.60. The molecule has 12 heteroatoms. The highest BCUT2D eigenvalue weighted by Gasteiger charge is 2.52. The van der Waals surface area contributed by atoms with Crippen LogP contribution >= 0.6 is 0 Å². The molecule has 0 bridgehead atoms. The molecule has 2 aliphatic carbocycles. The number of fused-ring (bicyclic) bond motifs is 2. The first-order valence-electron chi connectivity index (χ1n) is 15.9. The monoisotopic (exact) mass is 578 g/mol. The molecule has 0 spiro atoms. The average molecular weight is 579 g/mol. The van der Waals surface area contributed by atoms with Gasteiger partial charge in [-0.1, -0.05) is 13.8 Å². The van der Waals surface area contributed by atoms with Crippen molar-refractivity contribution in [3.8, 4) is 0 Å². The number of nitrogens with zero attached hydrogens (tertiary/aromatic N) is 3. The first kappa shape index (κ1) is 30.3. The van der Waals surface area contributed by atoms with Gasteiger partial charge < -0.3 is 30.3 Å². The Morgan fingerprint density at radius 2 is 1.95 bits per heavy atom. The Labute approximate surface area is 245 Å². The molecule has 0 aromatic carbocycles. The van der Waals surface area contributed by atoms with Gasteiger partial charge in [0.2, 0.25) is 0 Å². The third kappa shape index (κ3) is 6.12. The van der Waals surface area contributed by atoms with E-state index in [2.05, 4.69) is 52.0 Å². The van der Waals surface area contributed by atoms with Crippen LogP contribution in [0.15, 0.2) is 4.99 Å². The molecule has 0 aromatic rings. The number of methoxy groups -OCH3 is 1. The third-order valence-corrected chi connectivity index (χ3v) is 11.1. The number of hydrogen-bond acceptors (Lipinski definition) is 12. The molecule has 8 N–H and O–H groups in total. The molecule has 6 aliphatic rings. The van der Waals surface area contributed by atoms with Crippen LogP contribution in [0.25, 0.3) is 0 Å². The van der Waals surface area contributed by atoms with Crippen molar-refractivity contribution in [3.05, 3.63) is 0 Å². The van der Waals surface area contributed by atoms with E-state index < -0.39 is 24.5 Å². The van der Waals surface area contributed by atoms with Crippen molar-refractivity contribution in [1.82, 2.24) is 31.1 Å². The number of nitrogens with one attached hydrogen (secondary N) is 4. The molecule has 2 saturated carbocycles. The molecule has 0 aromatic heterocycles. The summed E-state index contributed by atoms with van der Waals surface area (Å²) in [4.78, 5) is 9.50. The highest BCUT2D eigenvalue weighted by atomic mass is 16.6. The molecule has 10 atom stereocenters. The van der Waals surface area contributed by atoms with Crippen LogP contribution in [0.5, 0.6) is 0 Å². The second-order valence-electron chi connectivity index (χ2n) is 14.3. The quantitative estimate of drug-likeness (QED) is 0.173. The minimum absolute atomic E-state index is 0.0187. The normalized spacial score (nSPS) is 45.0. The maximum Gasteiger partial charge on any atom is 0.142 e. The summed E-state index contributed by atoms with van der Waals surface area (Å²) < 4.78 is 11.8. The fourth-order valence-electron chi connectivity index (χ4n) is 8.26. The number of aliphatic imine (C=N–C) groups is 1. The van der Waals surface area contributed by atoms with Crippen LogP contribution in [0.1, 0.15) is 58.8 Å². The molecule has 5 fully saturated rings. The van der Waals surface area contributed by atoms with Crippen molar-refractivity contribution in [2.24, 2.45) is 28.0 Å². The van der Waals surface area contributed by atoms with Crippen molar-refractivity contribution in [2.75, 3.05) is 40.6 Å². The number of hydrogen-bond donors (Lipinski definition) is 7. The molecular formula is C29H54N8O4. The smallest absolute Gasteiger partial charge is 0.142 e. The summed E-state index contributed by atoms with van der Waals surface area (Å²) in [6, 6.07) is 0.977. The molecule has 6 unspecified atom stereocenters. The lowest BCUT2D eigenvalue weighted by atomic mass is 9.70. The Bertz CT molecular complexity index is 934. The van der Waals surface area contributed by atoms with E-state index in [1.54, 1.807) is 7.11 Å². The van der Waals surface area contributed by atoms with E-state index in [1.165, 1.54) is 37.8 Å². The molecule has 4 aliphatic heterocycles. The first-order valence-corrected chi connectivity index (χ1v) is 15.9. The van der Waals surface area contributed by atoms with E-state index in [1.807, 2.05) is 0 Å². The molecule has 12 nitrogen and oxygen atoms in total. The number of rotatable bonds is 10. The van der Waals surface area contributed by atoms with Crippen molar-refractivity contribution < 1.29 is 19.7 Å². The van der Waals surface area contributed by atoms with Crippen LogP contribution in [0.3, 0.4) is 0 Å². The standard InChI is InChI=1S/C29H54N8O4/c1-29(2,13-40-4)17-6-7-19-20(11-17)35-22(34-19)8-5-16-9-18(10-16)36(3)12-21-24(38)25(39)28(41-21)37-15-33-23-26(30)31-14-32-27(23)37/h16-19,21-28,31-34,38-39H,5-15,30H2,1-4H3/t16?,17?,18?,19?,21-,22?,23?,24-,25-,26?,27?,28-/m1/s1. The lowest BCUT2D eigenvalue weighted by Crippen LogP contribution is -2.68. The highest BCUT2D eigenvalue weighted by Crippen LogP contribution is 2.40. The van der Waals surface area contributed by atoms with Crippen LogP contribution in [-0.4, -0.2) is 128 Å². The molecule has 234 valence electrons. The van der Waals surface area contributed by atoms with Gasteiger partial charge in [0.15, 0.2) is 0 Å². The number of ether oxygens (including phenoxy) is 2. The molecule has 6 rings (SSSR count). The lowest BCUT2D eigenvalue weighted by Gasteiger charge is -2.42. The number of aliphatic hydroxyl groups excluding tert-OH is 2. The van der Waals surface area contributed by atoms with Gasteiger partial charge in [0.1, 0.15) is 24.5 Å². The van der Waals surface area contributed by atoms with Crippen LogP contribution < -0.4 is 27.0 Å². The molecular weight excluding hydrogens is 524 g/mol. The number of aliphatic hydroxyl groups is 2. The van der Waals surface area contributed by atoms with Gasteiger partial charge in [0.05, 0.1) is 37.8 Å². The van der Waals surface area contributed by atoms with E-state index in [-0.39, 0.29) is 30.0 Å². The zero-order valence-electron chi connectivity index (χ0n) is 25.3. The maximum atomic E-state index is 10.9. The predicted octanol–water partition coefficient (Wildman–Crippen LogP) is -0.872. The zero-order chi connectivity index (χ0) is 28.9. The Morgan fingerprint density at radius 3 is 2.73 bits per heavy atom.